The fraction of sp³-hybridized carbons (Fsp3) is 0.100. The van der Waals surface area contributed by atoms with Crippen molar-refractivity contribution in [1.82, 2.24) is 0 Å². The van der Waals surface area contributed by atoms with E-state index in [2.05, 4.69) is 4.72 Å². The molecule has 0 radical (unpaired) electrons. The Morgan fingerprint density at radius 3 is 2.00 bits per heavy atom. The van der Waals surface area contributed by atoms with Crippen molar-refractivity contribution in [2.45, 2.75) is 22.9 Å². The minimum atomic E-state index is -4.80. The number of rotatable bonds is 7. The Hall–Kier alpha value is -3.36. The lowest BCUT2D eigenvalue weighted by molar-refractivity contribution is -0.385. The average Bonchev–Trinajstić information content (AvgIpc) is 2.74. The number of hydrogen-bond donors (Lipinski definition) is 2. The molecule has 9 nitrogen and oxygen atoms in total. The van der Waals surface area contributed by atoms with Crippen LogP contribution in [0.15, 0.2) is 70.5 Å². The van der Waals surface area contributed by atoms with Gasteiger partial charge in [-0.1, -0.05) is 17.7 Å². The van der Waals surface area contributed by atoms with Crippen molar-refractivity contribution in [3.05, 3.63) is 86.9 Å². The zero-order valence-corrected chi connectivity index (χ0v) is 19.9. The highest BCUT2D eigenvalue weighted by Gasteiger charge is 2.33. The SMILES string of the molecule is Cc1ccc([N+](=O)[O-])cc1S(=O)(=O)Nc1ccc(S(=O)(=O)Nc2ccc(Cl)c(C(F)(F)F)c2)cc1. The van der Waals surface area contributed by atoms with E-state index in [9.17, 15) is 40.1 Å². The summed E-state index contributed by atoms with van der Waals surface area (Å²) in [7, 11) is -8.59. The van der Waals surface area contributed by atoms with Crippen LogP contribution in [0.4, 0.5) is 30.2 Å². The molecule has 0 spiro atoms. The molecule has 0 aliphatic carbocycles. The lowest BCUT2D eigenvalue weighted by Gasteiger charge is -2.13. The van der Waals surface area contributed by atoms with Gasteiger partial charge in [0.15, 0.2) is 0 Å². The summed E-state index contributed by atoms with van der Waals surface area (Å²) in [5.74, 6) is 0. The molecular weight excluding hydrogens is 535 g/mol. The topological polar surface area (TPSA) is 135 Å². The molecule has 15 heteroatoms. The lowest BCUT2D eigenvalue weighted by Crippen LogP contribution is -2.16. The smallest absolute Gasteiger partial charge is 0.280 e. The van der Waals surface area contributed by atoms with Crippen LogP contribution < -0.4 is 9.44 Å². The zero-order chi connectivity index (χ0) is 26.2. The van der Waals surface area contributed by atoms with Crippen molar-refractivity contribution in [3.8, 4) is 0 Å². The Kier molecular flexibility index (Phi) is 7.02. The summed E-state index contributed by atoms with van der Waals surface area (Å²) in [6.07, 6.45) is -4.80. The molecule has 0 amide bonds. The third-order valence-corrected chi connectivity index (χ3v) is 7.86. The number of sulfonamides is 2. The molecule has 186 valence electrons. The normalized spacial score (nSPS) is 12.3. The second-order valence-corrected chi connectivity index (χ2v) is 10.9. The molecule has 3 aromatic rings. The molecule has 0 aliphatic heterocycles. The maximum atomic E-state index is 13.0. The molecule has 2 N–H and O–H groups in total. The lowest BCUT2D eigenvalue weighted by atomic mass is 10.2. The van der Waals surface area contributed by atoms with Crippen LogP contribution in [0, 0.1) is 17.0 Å². The largest absolute Gasteiger partial charge is 0.417 e. The van der Waals surface area contributed by atoms with Gasteiger partial charge in [-0.3, -0.25) is 19.6 Å². The first-order valence-electron chi connectivity index (χ1n) is 9.38. The van der Waals surface area contributed by atoms with E-state index < -0.39 is 47.4 Å². The third kappa shape index (κ3) is 6.01. The number of benzene rings is 3. The summed E-state index contributed by atoms with van der Waals surface area (Å²) in [5.41, 5.74) is -1.85. The molecule has 35 heavy (non-hydrogen) atoms. The average molecular weight is 550 g/mol. The second-order valence-electron chi connectivity index (χ2n) is 7.13. The van der Waals surface area contributed by atoms with E-state index >= 15 is 0 Å². The van der Waals surface area contributed by atoms with Gasteiger partial charge in [0.1, 0.15) is 0 Å². The van der Waals surface area contributed by atoms with E-state index in [1.165, 1.54) is 13.0 Å². The van der Waals surface area contributed by atoms with Gasteiger partial charge in [0.2, 0.25) is 0 Å². The van der Waals surface area contributed by atoms with Gasteiger partial charge < -0.3 is 0 Å². The van der Waals surface area contributed by atoms with Gasteiger partial charge >= 0.3 is 6.18 Å². The second kappa shape index (κ2) is 9.36. The minimum Gasteiger partial charge on any atom is -0.280 e. The van der Waals surface area contributed by atoms with Crippen molar-refractivity contribution >= 4 is 48.7 Å². The van der Waals surface area contributed by atoms with Crippen LogP contribution in [0.1, 0.15) is 11.1 Å². The first-order chi connectivity index (χ1) is 16.1. The van der Waals surface area contributed by atoms with Crippen LogP contribution in [0.5, 0.6) is 0 Å². The maximum absolute atomic E-state index is 13.0. The van der Waals surface area contributed by atoms with Crippen molar-refractivity contribution in [2.75, 3.05) is 9.44 Å². The van der Waals surface area contributed by atoms with E-state index in [-0.39, 0.29) is 26.7 Å². The number of alkyl halides is 3. The number of nitro groups is 1. The number of halogens is 4. The van der Waals surface area contributed by atoms with Gasteiger partial charge in [0.25, 0.3) is 25.7 Å². The van der Waals surface area contributed by atoms with Crippen molar-refractivity contribution in [1.29, 1.82) is 0 Å². The molecule has 0 aliphatic rings. The standard InChI is InChI=1S/C20H15ClF3N3O6S2/c1-12-2-6-15(27(28)29)11-19(12)35(32,33)25-13-3-7-16(8-4-13)34(30,31)26-14-5-9-18(21)17(10-14)20(22,23)24/h2-11,25-26H,1H3. The summed E-state index contributed by atoms with van der Waals surface area (Å²) in [5, 5.41) is 10.4. The molecule has 0 aromatic heterocycles. The van der Waals surface area contributed by atoms with Crippen LogP contribution in [0.2, 0.25) is 5.02 Å². The van der Waals surface area contributed by atoms with Gasteiger partial charge in [0, 0.05) is 23.5 Å². The summed E-state index contributed by atoms with van der Waals surface area (Å²) < 4.78 is 93.8. The van der Waals surface area contributed by atoms with Crippen LogP contribution in [0.25, 0.3) is 0 Å². The predicted octanol–water partition coefficient (Wildman–Crippen LogP) is 5.18. The number of anilines is 2. The zero-order valence-electron chi connectivity index (χ0n) is 17.5. The van der Waals surface area contributed by atoms with Gasteiger partial charge in [-0.25, -0.2) is 16.8 Å². The van der Waals surface area contributed by atoms with Crippen molar-refractivity contribution in [3.63, 3.8) is 0 Å². The molecule has 3 rings (SSSR count). The number of aryl methyl sites for hydroxylation is 1. The Morgan fingerprint density at radius 1 is 0.857 bits per heavy atom. The fourth-order valence-corrected chi connectivity index (χ4v) is 5.52. The van der Waals surface area contributed by atoms with Gasteiger partial charge in [-0.15, -0.1) is 0 Å². The highest BCUT2D eigenvalue weighted by Crippen LogP contribution is 2.36. The first-order valence-corrected chi connectivity index (χ1v) is 12.7. The minimum absolute atomic E-state index is 0.0549. The van der Waals surface area contributed by atoms with Crippen LogP contribution in [0.3, 0.4) is 0 Å². The molecule has 3 aromatic carbocycles. The number of nitrogens with zero attached hydrogens (tertiary/aromatic N) is 1. The van der Waals surface area contributed by atoms with Crippen molar-refractivity contribution in [2.24, 2.45) is 0 Å². The third-order valence-electron chi connectivity index (χ3n) is 4.61. The number of nitrogens with one attached hydrogen (secondary N) is 2. The monoisotopic (exact) mass is 549 g/mol. The molecule has 0 heterocycles. The molecule has 0 atom stereocenters. The van der Waals surface area contributed by atoms with Gasteiger partial charge in [0.05, 0.1) is 25.3 Å². The van der Waals surface area contributed by atoms with Crippen LogP contribution in [-0.4, -0.2) is 21.8 Å². The predicted molar refractivity (Wildman–Crippen MR) is 122 cm³/mol. The van der Waals surface area contributed by atoms with E-state index in [0.29, 0.717) is 6.07 Å². The van der Waals surface area contributed by atoms with Gasteiger partial charge in [-0.2, -0.15) is 13.2 Å². The summed E-state index contributed by atoms with van der Waals surface area (Å²) in [6, 6.07) is 10.1. The summed E-state index contributed by atoms with van der Waals surface area (Å²) in [4.78, 5) is 9.51. The summed E-state index contributed by atoms with van der Waals surface area (Å²) >= 11 is 5.53. The van der Waals surface area contributed by atoms with Gasteiger partial charge in [-0.05, 0) is 55.0 Å². The van der Waals surface area contributed by atoms with Crippen molar-refractivity contribution < 1.29 is 34.9 Å². The fourth-order valence-electron chi connectivity index (χ4n) is 2.92. The Bertz CT molecular complexity index is 1510. The molecule has 0 saturated heterocycles. The summed E-state index contributed by atoms with van der Waals surface area (Å²) in [6.45, 7) is 1.45. The van der Waals surface area contributed by atoms with Crippen LogP contribution in [-0.2, 0) is 26.2 Å². The molecule has 0 fully saturated rings. The molecular formula is C20H15ClF3N3O6S2. The number of nitro benzene ring substituents is 1. The molecule has 0 unspecified atom stereocenters. The maximum Gasteiger partial charge on any atom is 0.417 e. The Labute approximate surface area is 202 Å². The molecule has 0 saturated carbocycles. The number of non-ortho nitro benzene ring substituents is 1. The quantitative estimate of drug-likeness (QED) is 0.308. The van der Waals surface area contributed by atoms with E-state index in [0.717, 1.165) is 48.5 Å². The Balaban J connectivity index is 1.84. The Morgan fingerprint density at radius 2 is 1.43 bits per heavy atom. The van der Waals surface area contributed by atoms with E-state index in [4.69, 9.17) is 11.6 Å². The number of hydrogen-bond acceptors (Lipinski definition) is 6. The molecule has 0 bridgehead atoms. The highest BCUT2D eigenvalue weighted by molar-refractivity contribution is 7.93. The van der Waals surface area contributed by atoms with E-state index in [1.54, 1.807) is 0 Å². The van der Waals surface area contributed by atoms with E-state index in [1.807, 2.05) is 4.72 Å². The van der Waals surface area contributed by atoms with Crippen LogP contribution >= 0.6 is 11.6 Å². The highest BCUT2D eigenvalue weighted by atomic mass is 35.5. The first kappa shape index (κ1) is 26.2.